The van der Waals surface area contributed by atoms with Crippen molar-refractivity contribution in [2.75, 3.05) is 6.54 Å². The van der Waals surface area contributed by atoms with Crippen LogP contribution in [0.5, 0.6) is 0 Å². The largest absolute Gasteiger partial charge is 0.479 e. The van der Waals surface area contributed by atoms with Crippen LogP contribution in [0.15, 0.2) is 11.6 Å². The van der Waals surface area contributed by atoms with Gasteiger partial charge in [-0.3, -0.25) is 4.79 Å². The topological polar surface area (TPSA) is 92.4 Å². The fraction of sp³-hybridized carbons (Fsp3) is 0.429. The molecule has 1 atom stereocenters. The van der Waals surface area contributed by atoms with E-state index in [2.05, 4.69) is 5.32 Å². The molecule has 12 heavy (non-hydrogen) atoms. The van der Waals surface area contributed by atoms with Gasteiger partial charge in [0.25, 0.3) is 0 Å². The molecular weight excluding hydrogens is 160 g/mol. The molecule has 0 spiro atoms. The van der Waals surface area contributed by atoms with Crippen molar-refractivity contribution in [3.8, 4) is 0 Å². The minimum absolute atomic E-state index is 0.134. The van der Waals surface area contributed by atoms with Crippen LogP contribution in [-0.4, -0.2) is 29.1 Å². The molecular formula is C7H10N2O3. The van der Waals surface area contributed by atoms with Crippen LogP contribution in [0.4, 0.5) is 0 Å². The number of amides is 1. The zero-order chi connectivity index (χ0) is 9.35. The van der Waals surface area contributed by atoms with Gasteiger partial charge in [0.2, 0.25) is 5.91 Å². The monoisotopic (exact) mass is 170 g/mol. The number of carboxylic acid groups (broad SMARTS) is 1. The fourth-order valence-corrected chi connectivity index (χ4v) is 1.08. The second-order valence-corrected chi connectivity index (χ2v) is 2.76. The van der Waals surface area contributed by atoms with E-state index >= 15 is 0 Å². The third-order valence-electron chi connectivity index (χ3n) is 1.86. The van der Waals surface area contributed by atoms with Crippen molar-refractivity contribution in [2.45, 2.75) is 12.5 Å². The van der Waals surface area contributed by atoms with E-state index in [0.29, 0.717) is 5.57 Å². The molecule has 66 valence electrons. The van der Waals surface area contributed by atoms with E-state index in [1.807, 2.05) is 0 Å². The second kappa shape index (κ2) is 2.60. The SMILES string of the molecule is CC1=C[C@](CN)(C(=O)O)NC1=O. The number of carboxylic acids is 1. The Labute approximate surface area is 69.2 Å². The summed E-state index contributed by atoms with van der Waals surface area (Å²) >= 11 is 0. The van der Waals surface area contributed by atoms with Crippen molar-refractivity contribution in [3.63, 3.8) is 0 Å². The molecule has 1 aliphatic heterocycles. The van der Waals surface area contributed by atoms with Crippen molar-refractivity contribution < 1.29 is 14.7 Å². The van der Waals surface area contributed by atoms with Crippen molar-refractivity contribution in [1.29, 1.82) is 0 Å². The van der Waals surface area contributed by atoms with E-state index in [9.17, 15) is 9.59 Å². The predicted molar refractivity (Wildman–Crippen MR) is 41.3 cm³/mol. The van der Waals surface area contributed by atoms with E-state index < -0.39 is 11.5 Å². The maximum atomic E-state index is 11.0. The Morgan fingerprint density at radius 3 is 2.58 bits per heavy atom. The van der Waals surface area contributed by atoms with Crippen molar-refractivity contribution in [3.05, 3.63) is 11.6 Å². The normalized spacial score (nSPS) is 28.2. The van der Waals surface area contributed by atoms with Crippen LogP contribution in [-0.2, 0) is 9.59 Å². The summed E-state index contributed by atoms with van der Waals surface area (Å²) in [5.74, 6) is -1.50. The smallest absolute Gasteiger partial charge is 0.334 e. The lowest BCUT2D eigenvalue weighted by molar-refractivity contribution is -0.143. The first kappa shape index (κ1) is 8.73. The molecule has 1 rings (SSSR count). The van der Waals surface area contributed by atoms with Gasteiger partial charge in [-0.05, 0) is 13.0 Å². The molecule has 0 aromatic rings. The number of aliphatic carboxylic acids is 1. The van der Waals surface area contributed by atoms with E-state index in [1.165, 1.54) is 6.08 Å². The summed E-state index contributed by atoms with van der Waals surface area (Å²) in [6, 6.07) is 0. The lowest BCUT2D eigenvalue weighted by Crippen LogP contribution is -2.54. The molecule has 0 saturated carbocycles. The number of carbonyl (C=O) groups excluding carboxylic acids is 1. The van der Waals surface area contributed by atoms with Crippen LogP contribution < -0.4 is 11.1 Å². The molecule has 1 heterocycles. The molecule has 0 fully saturated rings. The Hall–Kier alpha value is -1.36. The average Bonchev–Trinajstić information content (AvgIpc) is 2.29. The summed E-state index contributed by atoms with van der Waals surface area (Å²) in [7, 11) is 0. The maximum Gasteiger partial charge on any atom is 0.334 e. The summed E-state index contributed by atoms with van der Waals surface area (Å²) < 4.78 is 0. The molecule has 0 aromatic carbocycles. The van der Waals surface area contributed by atoms with Gasteiger partial charge >= 0.3 is 5.97 Å². The highest BCUT2D eigenvalue weighted by Crippen LogP contribution is 2.16. The number of carbonyl (C=O) groups is 2. The Balaban J connectivity index is 3.01. The van der Waals surface area contributed by atoms with E-state index in [4.69, 9.17) is 10.8 Å². The molecule has 1 amide bonds. The summed E-state index contributed by atoms with van der Waals surface area (Å²) in [5, 5.41) is 11.1. The van der Waals surface area contributed by atoms with Crippen LogP contribution in [0.3, 0.4) is 0 Å². The van der Waals surface area contributed by atoms with E-state index in [-0.39, 0.29) is 12.5 Å². The van der Waals surface area contributed by atoms with Gasteiger partial charge in [0.1, 0.15) is 0 Å². The van der Waals surface area contributed by atoms with Gasteiger partial charge in [-0.25, -0.2) is 4.79 Å². The van der Waals surface area contributed by atoms with Gasteiger partial charge in [0, 0.05) is 12.1 Å². The first-order valence-electron chi connectivity index (χ1n) is 3.47. The molecule has 5 heteroatoms. The average molecular weight is 170 g/mol. The molecule has 0 saturated heterocycles. The predicted octanol–water partition coefficient (Wildman–Crippen LogP) is -1.16. The molecule has 0 aromatic heterocycles. The molecule has 1 aliphatic rings. The molecule has 0 bridgehead atoms. The van der Waals surface area contributed by atoms with Gasteiger partial charge in [-0.15, -0.1) is 0 Å². The zero-order valence-electron chi connectivity index (χ0n) is 6.63. The number of hydrogen-bond donors (Lipinski definition) is 3. The summed E-state index contributed by atoms with van der Waals surface area (Å²) in [5.41, 5.74) is 4.26. The van der Waals surface area contributed by atoms with Gasteiger partial charge < -0.3 is 16.2 Å². The Morgan fingerprint density at radius 1 is 1.83 bits per heavy atom. The third kappa shape index (κ3) is 1.08. The summed E-state index contributed by atoms with van der Waals surface area (Å²) in [6.07, 6.45) is 1.34. The second-order valence-electron chi connectivity index (χ2n) is 2.76. The first-order valence-corrected chi connectivity index (χ1v) is 3.47. The lowest BCUT2D eigenvalue weighted by Gasteiger charge is -2.19. The molecule has 0 radical (unpaired) electrons. The highest BCUT2D eigenvalue weighted by molar-refractivity contribution is 6.02. The Morgan fingerprint density at radius 2 is 2.42 bits per heavy atom. The quantitative estimate of drug-likeness (QED) is 0.487. The van der Waals surface area contributed by atoms with Gasteiger partial charge in [-0.2, -0.15) is 0 Å². The highest BCUT2D eigenvalue weighted by Gasteiger charge is 2.41. The summed E-state index contributed by atoms with van der Waals surface area (Å²) in [6.45, 7) is 1.42. The number of nitrogens with two attached hydrogens (primary N) is 1. The molecule has 0 aliphatic carbocycles. The zero-order valence-corrected chi connectivity index (χ0v) is 6.63. The van der Waals surface area contributed by atoms with Gasteiger partial charge in [0.05, 0.1) is 0 Å². The fourth-order valence-electron chi connectivity index (χ4n) is 1.08. The highest BCUT2D eigenvalue weighted by atomic mass is 16.4. The number of rotatable bonds is 2. The molecule has 5 nitrogen and oxygen atoms in total. The molecule has 4 N–H and O–H groups in total. The van der Waals surface area contributed by atoms with Crippen LogP contribution in [0.25, 0.3) is 0 Å². The van der Waals surface area contributed by atoms with Gasteiger partial charge in [-0.1, -0.05) is 0 Å². The van der Waals surface area contributed by atoms with Crippen LogP contribution in [0.2, 0.25) is 0 Å². The summed E-state index contributed by atoms with van der Waals surface area (Å²) in [4.78, 5) is 21.7. The standard InChI is InChI=1S/C7H10N2O3/c1-4-2-7(3-8,6(11)12)9-5(4)10/h2H,3,8H2,1H3,(H,9,10)(H,11,12)/t7-/m0/s1. The van der Waals surface area contributed by atoms with Crippen molar-refractivity contribution >= 4 is 11.9 Å². The minimum Gasteiger partial charge on any atom is -0.479 e. The third-order valence-corrected chi connectivity index (χ3v) is 1.86. The van der Waals surface area contributed by atoms with Crippen LogP contribution in [0, 0.1) is 0 Å². The van der Waals surface area contributed by atoms with Crippen molar-refractivity contribution in [1.82, 2.24) is 5.32 Å². The Bertz CT molecular complexity index is 272. The Kier molecular flexibility index (Phi) is 1.89. The van der Waals surface area contributed by atoms with Crippen molar-refractivity contribution in [2.24, 2.45) is 5.73 Å². The first-order chi connectivity index (χ1) is 5.52. The van der Waals surface area contributed by atoms with E-state index in [1.54, 1.807) is 6.92 Å². The van der Waals surface area contributed by atoms with Gasteiger partial charge in [0.15, 0.2) is 5.54 Å². The lowest BCUT2D eigenvalue weighted by atomic mass is 10.0. The molecule has 0 unspecified atom stereocenters. The van der Waals surface area contributed by atoms with Crippen LogP contribution in [0.1, 0.15) is 6.92 Å². The minimum atomic E-state index is -1.39. The van der Waals surface area contributed by atoms with E-state index in [0.717, 1.165) is 0 Å². The maximum absolute atomic E-state index is 11.0. The number of hydrogen-bond acceptors (Lipinski definition) is 3. The van der Waals surface area contributed by atoms with Crippen LogP contribution >= 0.6 is 0 Å². The number of nitrogens with one attached hydrogen (secondary N) is 1.